The summed E-state index contributed by atoms with van der Waals surface area (Å²) < 4.78 is 6.03. The number of unbranched alkanes of at least 4 members (excludes halogenated alkanes) is 1. The minimum Gasteiger partial charge on any atom is -0.460 e. The zero-order chi connectivity index (χ0) is 31.6. The third-order valence-corrected chi connectivity index (χ3v) is 8.73. The Labute approximate surface area is 259 Å². The molecule has 0 spiro atoms. The number of cyclic esters (lactones) is 1. The Kier molecular flexibility index (Phi) is 11.6. The van der Waals surface area contributed by atoms with Crippen LogP contribution in [0.3, 0.4) is 0 Å². The first-order valence-electron chi connectivity index (χ1n) is 15.9. The number of carbonyl (C=O) groups is 4. The molecule has 2 heterocycles. The number of hydrogen-bond donors (Lipinski definition) is 4. The van der Waals surface area contributed by atoms with Gasteiger partial charge in [0.25, 0.3) is 0 Å². The van der Waals surface area contributed by atoms with Gasteiger partial charge in [0.15, 0.2) is 0 Å². The number of carbonyl (C=O) groups excluding carboxylic acids is 4. The first-order chi connectivity index (χ1) is 21.2. The van der Waals surface area contributed by atoms with E-state index < -0.39 is 42.0 Å². The van der Waals surface area contributed by atoms with Crippen molar-refractivity contribution in [2.45, 2.75) is 96.9 Å². The molecule has 1 fully saturated rings. The number of aromatic amines is 1. The summed E-state index contributed by atoms with van der Waals surface area (Å²) in [6, 6.07) is 14.3. The Hall–Kier alpha value is -4.14. The SMILES string of the molecule is CCCC[C@H](C)[C@H]1CC(=O)N[C@@H](Cc2c[nH]c3ccccc23)C(=O)N[C@@H](Cc2ccccc2)C(=O)N[C@H]([C@@H](C)CC)C(=O)O1. The van der Waals surface area contributed by atoms with E-state index in [1.54, 1.807) is 0 Å². The molecule has 0 aliphatic carbocycles. The summed E-state index contributed by atoms with van der Waals surface area (Å²) >= 11 is 0. The standard InChI is InChI=1S/C35H46N4O5/c1-5-7-13-23(4)30-20-31(40)37-29(19-25-21-36-27-17-12-11-16-26(25)27)33(41)38-28(18-24-14-9-8-10-15-24)34(42)39-32(22(3)6-2)35(43)44-30/h8-12,14-17,21-23,28-30,32,36H,5-7,13,18-20H2,1-4H3,(H,37,40)(H,38,41)(H,39,42)/t22-,23-,28-,29-,30+,32+/m0/s1. The van der Waals surface area contributed by atoms with Crippen molar-refractivity contribution < 1.29 is 23.9 Å². The van der Waals surface area contributed by atoms with Gasteiger partial charge in [0.2, 0.25) is 17.7 Å². The molecule has 9 heteroatoms. The number of para-hydroxylation sites is 1. The molecule has 1 saturated heterocycles. The molecule has 0 bridgehead atoms. The molecule has 1 aliphatic rings. The van der Waals surface area contributed by atoms with Gasteiger partial charge in [-0.3, -0.25) is 14.4 Å². The van der Waals surface area contributed by atoms with E-state index in [4.69, 9.17) is 4.74 Å². The Morgan fingerprint density at radius 3 is 2.23 bits per heavy atom. The van der Waals surface area contributed by atoms with Crippen LogP contribution in [0.5, 0.6) is 0 Å². The topological polar surface area (TPSA) is 129 Å². The second-order valence-electron chi connectivity index (χ2n) is 12.1. The van der Waals surface area contributed by atoms with Gasteiger partial charge >= 0.3 is 5.97 Å². The summed E-state index contributed by atoms with van der Waals surface area (Å²) in [4.78, 5) is 58.2. The average Bonchev–Trinajstić information content (AvgIpc) is 3.43. The molecule has 9 nitrogen and oxygen atoms in total. The van der Waals surface area contributed by atoms with E-state index in [2.05, 4.69) is 27.9 Å². The Morgan fingerprint density at radius 2 is 1.50 bits per heavy atom. The molecule has 0 unspecified atom stereocenters. The minimum atomic E-state index is -0.980. The third kappa shape index (κ3) is 8.49. The maximum absolute atomic E-state index is 13.9. The number of aromatic nitrogens is 1. The molecule has 44 heavy (non-hydrogen) atoms. The van der Waals surface area contributed by atoms with Gasteiger partial charge in [0.05, 0.1) is 6.42 Å². The highest BCUT2D eigenvalue weighted by Gasteiger charge is 2.36. The molecule has 2 aromatic carbocycles. The first-order valence-corrected chi connectivity index (χ1v) is 15.9. The maximum atomic E-state index is 13.9. The highest BCUT2D eigenvalue weighted by molar-refractivity contribution is 5.95. The van der Waals surface area contributed by atoms with E-state index in [9.17, 15) is 19.2 Å². The summed E-state index contributed by atoms with van der Waals surface area (Å²) in [5, 5.41) is 9.69. The van der Waals surface area contributed by atoms with E-state index in [0.717, 1.165) is 41.3 Å². The van der Waals surface area contributed by atoms with Gasteiger partial charge in [-0.2, -0.15) is 0 Å². The van der Waals surface area contributed by atoms with Crippen molar-refractivity contribution >= 4 is 34.6 Å². The van der Waals surface area contributed by atoms with E-state index in [-0.39, 0.29) is 37.0 Å². The fourth-order valence-electron chi connectivity index (χ4n) is 5.71. The van der Waals surface area contributed by atoms with Crippen LogP contribution in [-0.2, 0) is 36.8 Å². The van der Waals surface area contributed by atoms with E-state index in [1.807, 2.05) is 81.6 Å². The quantitative estimate of drug-likeness (QED) is 0.252. The van der Waals surface area contributed by atoms with Crippen LogP contribution in [-0.4, -0.2) is 52.9 Å². The molecule has 4 rings (SSSR count). The zero-order valence-electron chi connectivity index (χ0n) is 26.2. The summed E-state index contributed by atoms with van der Waals surface area (Å²) in [6.45, 7) is 7.89. The van der Waals surface area contributed by atoms with E-state index >= 15 is 0 Å². The van der Waals surface area contributed by atoms with Crippen molar-refractivity contribution in [2.24, 2.45) is 11.8 Å². The fourth-order valence-corrected chi connectivity index (χ4v) is 5.71. The smallest absolute Gasteiger partial charge is 0.329 e. The average molecular weight is 603 g/mol. The van der Waals surface area contributed by atoms with Crippen LogP contribution in [0.2, 0.25) is 0 Å². The van der Waals surface area contributed by atoms with Crippen LogP contribution in [0.15, 0.2) is 60.8 Å². The molecule has 0 saturated carbocycles. The lowest BCUT2D eigenvalue weighted by Crippen LogP contribution is -2.57. The van der Waals surface area contributed by atoms with Crippen molar-refractivity contribution in [3.63, 3.8) is 0 Å². The van der Waals surface area contributed by atoms with E-state index in [1.165, 1.54) is 0 Å². The summed E-state index contributed by atoms with van der Waals surface area (Å²) in [7, 11) is 0. The van der Waals surface area contributed by atoms with Crippen molar-refractivity contribution in [3.8, 4) is 0 Å². The van der Waals surface area contributed by atoms with Gasteiger partial charge in [-0.05, 0) is 35.4 Å². The van der Waals surface area contributed by atoms with Gasteiger partial charge in [-0.25, -0.2) is 4.79 Å². The summed E-state index contributed by atoms with van der Waals surface area (Å²) in [6.07, 6.45) is 4.79. The number of amides is 3. The van der Waals surface area contributed by atoms with Crippen LogP contribution < -0.4 is 16.0 Å². The van der Waals surface area contributed by atoms with Crippen LogP contribution in [0.1, 0.15) is 70.9 Å². The van der Waals surface area contributed by atoms with Crippen molar-refractivity contribution in [2.75, 3.05) is 0 Å². The molecule has 6 atom stereocenters. The lowest BCUT2D eigenvalue weighted by atomic mass is 9.94. The molecule has 0 radical (unpaired) electrons. The van der Waals surface area contributed by atoms with Gasteiger partial charge in [0, 0.05) is 29.9 Å². The number of benzene rings is 2. The number of esters is 1. The van der Waals surface area contributed by atoms with Crippen LogP contribution >= 0.6 is 0 Å². The monoisotopic (exact) mass is 602 g/mol. The molecule has 1 aromatic heterocycles. The number of ether oxygens (including phenoxy) is 1. The second-order valence-corrected chi connectivity index (χ2v) is 12.1. The molecule has 236 valence electrons. The molecule has 1 aliphatic heterocycles. The highest BCUT2D eigenvalue weighted by atomic mass is 16.5. The predicted molar refractivity (Wildman–Crippen MR) is 171 cm³/mol. The first kappa shape index (κ1) is 32.8. The number of hydrogen-bond acceptors (Lipinski definition) is 5. The number of nitrogens with one attached hydrogen (secondary N) is 4. The number of fused-ring (bicyclic) bond motifs is 1. The minimum absolute atomic E-state index is 0.0805. The fraction of sp³-hybridized carbons (Fsp3) is 0.486. The van der Waals surface area contributed by atoms with Crippen molar-refractivity contribution in [1.29, 1.82) is 0 Å². The Morgan fingerprint density at radius 1 is 0.818 bits per heavy atom. The molecular formula is C35H46N4O5. The van der Waals surface area contributed by atoms with Crippen LogP contribution in [0.4, 0.5) is 0 Å². The van der Waals surface area contributed by atoms with Crippen molar-refractivity contribution in [1.82, 2.24) is 20.9 Å². The Bertz CT molecular complexity index is 1420. The third-order valence-electron chi connectivity index (χ3n) is 8.73. The molecular weight excluding hydrogens is 556 g/mol. The lowest BCUT2D eigenvalue weighted by Gasteiger charge is -2.29. The van der Waals surface area contributed by atoms with Crippen LogP contribution in [0, 0.1) is 11.8 Å². The second kappa shape index (κ2) is 15.5. The molecule has 3 aromatic rings. The van der Waals surface area contributed by atoms with Gasteiger partial charge < -0.3 is 25.7 Å². The van der Waals surface area contributed by atoms with Crippen molar-refractivity contribution in [3.05, 3.63) is 71.9 Å². The highest BCUT2D eigenvalue weighted by Crippen LogP contribution is 2.23. The van der Waals surface area contributed by atoms with Gasteiger partial charge in [-0.1, -0.05) is 95.5 Å². The molecule has 3 amide bonds. The maximum Gasteiger partial charge on any atom is 0.329 e. The number of H-pyrrole nitrogens is 1. The Balaban J connectivity index is 1.71. The number of rotatable bonds is 10. The zero-order valence-corrected chi connectivity index (χ0v) is 26.2. The predicted octanol–water partition coefficient (Wildman–Crippen LogP) is 4.60. The largest absolute Gasteiger partial charge is 0.460 e. The van der Waals surface area contributed by atoms with E-state index in [0.29, 0.717) is 6.42 Å². The summed E-state index contributed by atoms with van der Waals surface area (Å²) in [5.74, 6) is -2.20. The van der Waals surface area contributed by atoms with Gasteiger partial charge in [0.1, 0.15) is 24.2 Å². The summed E-state index contributed by atoms with van der Waals surface area (Å²) in [5.41, 5.74) is 2.64. The normalized spacial score (nSPS) is 23.3. The lowest BCUT2D eigenvalue weighted by molar-refractivity contribution is -0.158. The molecule has 4 N–H and O–H groups in total. The van der Waals surface area contributed by atoms with Crippen LogP contribution in [0.25, 0.3) is 10.9 Å². The van der Waals surface area contributed by atoms with Gasteiger partial charge in [-0.15, -0.1) is 0 Å².